The Balaban J connectivity index is 2.35. The molecule has 0 N–H and O–H groups in total. The number of methoxy groups -OCH3 is 1. The van der Waals surface area contributed by atoms with E-state index >= 15 is 0 Å². The van der Waals surface area contributed by atoms with Gasteiger partial charge in [0.05, 0.1) is 17.5 Å². The van der Waals surface area contributed by atoms with Crippen LogP contribution in [0.3, 0.4) is 0 Å². The Morgan fingerprint density at radius 2 is 2.14 bits per heavy atom. The first-order chi connectivity index (χ1) is 10.0. The Morgan fingerprint density at radius 1 is 1.38 bits per heavy atom. The highest BCUT2D eigenvalue weighted by atomic mass is 16.6. The first-order valence-corrected chi connectivity index (χ1v) is 6.42. The van der Waals surface area contributed by atoms with Gasteiger partial charge in [-0.2, -0.15) is 0 Å². The third kappa shape index (κ3) is 3.25. The minimum Gasteiger partial charge on any atom is -0.468 e. The summed E-state index contributed by atoms with van der Waals surface area (Å²) in [6.07, 6.45) is 0. The van der Waals surface area contributed by atoms with Crippen LogP contribution < -0.4 is 4.90 Å². The molecule has 0 aliphatic carbocycles. The number of non-ortho nitro benzene ring substituents is 1. The number of pyridine rings is 1. The summed E-state index contributed by atoms with van der Waals surface area (Å²) in [5.74, 6) is 0.284. The van der Waals surface area contributed by atoms with E-state index in [1.807, 2.05) is 6.92 Å². The number of nitrogens with zero attached hydrogens (tertiary/aromatic N) is 3. The number of aromatic nitrogens is 1. The highest BCUT2D eigenvalue weighted by Gasteiger charge is 2.13. The van der Waals surface area contributed by atoms with Crippen LogP contribution >= 0.6 is 0 Å². The predicted molar refractivity (Wildman–Crippen MR) is 78.3 cm³/mol. The van der Waals surface area contributed by atoms with Crippen molar-refractivity contribution >= 4 is 28.4 Å². The molecule has 0 bridgehead atoms. The molecule has 0 fully saturated rings. The number of nitro benzene ring substituents is 1. The number of likely N-dealkylation sites (N-methyl/N-ethyl adjacent to an activating group) is 1. The molecule has 0 aliphatic heterocycles. The maximum atomic E-state index is 11.4. The highest BCUT2D eigenvalue weighted by Crippen LogP contribution is 2.22. The lowest BCUT2D eigenvalue weighted by Crippen LogP contribution is -2.30. The van der Waals surface area contributed by atoms with Crippen LogP contribution in [0, 0.1) is 10.1 Å². The molecule has 0 radical (unpaired) electrons. The van der Waals surface area contributed by atoms with Crippen LogP contribution in [0.15, 0.2) is 30.3 Å². The number of hydrogen-bond acceptors (Lipinski definition) is 6. The van der Waals surface area contributed by atoms with Gasteiger partial charge in [-0.1, -0.05) is 0 Å². The number of hydrogen-bond donors (Lipinski definition) is 0. The van der Waals surface area contributed by atoms with Crippen molar-refractivity contribution in [3.63, 3.8) is 0 Å². The fraction of sp³-hybridized carbons (Fsp3) is 0.286. The van der Waals surface area contributed by atoms with Crippen molar-refractivity contribution in [1.82, 2.24) is 4.98 Å². The minimum atomic E-state index is -0.442. The van der Waals surface area contributed by atoms with Crippen LogP contribution in [0.5, 0.6) is 0 Å². The second-order valence-corrected chi connectivity index (χ2v) is 4.39. The summed E-state index contributed by atoms with van der Waals surface area (Å²) < 4.78 is 4.65. The molecule has 1 heterocycles. The molecule has 110 valence electrons. The van der Waals surface area contributed by atoms with Crippen molar-refractivity contribution in [1.29, 1.82) is 0 Å². The van der Waals surface area contributed by atoms with Gasteiger partial charge in [0.1, 0.15) is 12.4 Å². The number of anilines is 1. The van der Waals surface area contributed by atoms with Crippen LogP contribution in [0.2, 0.25) is 0 Å². The van der Waals surface area contributed by atoms with Crippen LogP contribution in [-0.4, -0.2) is 36.1 Å². The highest BCUT2D eigenvalue weighted by molar-refractivity contribution is 5.83. The molecule has 0 spiro atoms. The van der Waals surface area contributed by atoms with Gasteiger partial charge in [0.15, 0.2) is 0 Å². The smallest absolute Gasteiger partial charge is 0.325 e. The van der Waals surface area contributed by atoms with Gasteiger partial charge in [-0.3, -0.25) is 14.9 Å². The number of benzene rings is 1. The average Bonchev–Trinajstić information content (AvgIpc) is 2.51. The van der Waals surface area contributed by atoms with E-state index in [-0.39, 0.29) is 18.2 Å². The number of esters is 1. The molecule has 1 aromatic heterocycles. The molecule has 0 saturated carbocycles. The monoisotopic (exact) mass is 289 g/mol. The molecule has 7 nitrogen and oxygen atoms in total. The molecular weight excluding hydrogens is 274 g/mol. The van der Waals surface area contributed by atoms with Crippen molar-refractivity contribution < 1.29 is 14.5 Å². The quantitative estimate of drug-likeness (QED) is 0.476. The average molecular weight is 289 g/mol. The fourth-order valence-corrected chi connectivity index (χ4v) is 1.97. The fourth-order valence-electron chi connectivity index (χ4n) is 1.97. The molecule has 7 heteroatoms. The summed E-state index contributed by atoms with van der Waals surface area (Å²) in [7, 11) is 1.34. The Kier molecular flexibility index (Phi) is 4.32. The van der Waals surface area contributed by atoms with Gasteiger partial charge in [0, 0.05) is 24.1 Å². The van der Waals surface area contributed by atoms with E-state index in [0.717, 1.165) is 0 Å². The molecule has 0 unspecified atom stereocenters. The van der Waals surface area contributed by atoms with Crippen LogP contribution in [0.4, 0.5) is 11.5 Å². The number of rotatable bonds is 5. The van der Waals surface area contributed by atoms with E-state index in [2.05, 4.69) is 9.72 Å². The molecule has 2 rings (SSSR count). The summed E-state index contributed by atoms with van der Waals surface area (Å²) in [5.41, 5.74) is 0.667. The van der Waals surface area contributed by atoms with Crippen molar-refractivity contribution in [3.05, 3.63) is 40.4 Å². The van der Waals surface area contributed by atoms with Crippen molar-refractivity contribution in [2.75, 3.05) is 25.1 Å². The zero-order valence-electron chi connectivity index (χ0n) is 11.8. The number of carbonyl (C=O) groups excluding carboxylic acids is 1. The van der Waals surface area contributed by atoms with Gasteiger partial charge in [0.2, 0.25) is 0 Å². The number of fused-ring (bicyclic) bond motifs is 1. The van der Waals surface area contributed by atoms with E-state index in [1.54, 1.807) is 23.1 Å². The normalized spacial score (nSPS) is 10.4. The first-order valence-electron chi connectivity index (χ1n) is 6.42. The van der Waals surface area contributed by atoms with Crippen molar-refractivity contribution in [2.45, 2.75) is 6.92 Å². The summed E-state index contributed by atoms with van der Waals surface area (Å²) >= 11 is 0. The lowest BCUT2D eigenvalue weighted by atomic mass is 10.2. The molecule has 1 aromatic carbocycles. The van der Waals surface area contributed by atoms with E-state index in [0.29, 0.717) is 23.3 Å². The van der Waals surface area contributed by atoms with Gasteiger partial charge < -0.3 is 9.64 Å². The maximum absolute atomic E-state index is 11.4. The Morgan fingerprint density at radius 3 is 2.76 bits per heavy atom. The molecule has 0 saturated heterocycles. The third-order valence-electron chi connectivity index (χ3n) is 3.12. The molecule has 2 aromatic rings. The van der Waals surface area contributed by atoms with E-state index < -0.39 is 4.92 Å². The Bertz CT molecular complexity index is 687. The first kappa shape index (κ1) is 14.7. The summed E-state index contributed by atoms with van der Waals surface area (Å²) in [4.78, 5) is 27.9. The summed E-state index contributed by atoms with van der Waals surface area (Å²) in [6, 6.07) is 7.98. The number of ether oxygens (including phenoxy) is 1. The van der Waals surface area contributed by atoms with Crippen LogP contribution in [0.25, 0.3) is 10.9 Å². The van der Waals surface area contributed by atoms with E-state index in [4.69, 9.17) is 0 Å². The minimum absolute atomic E-state index is 0.0268. The predicted octanol–water partition coefficient (Wildman–Crippen LogP) is 2.14. The van der Waals surface area contributed by atoms with Gasteiger partial charge >= 0.3 is 5.97 Å². The van der Waals surface area contributed by atoms with Crippen molar-refractivity contribution in [3.8, 4) is 0 Å². The summed E-state index contributed by atoms with van der Waals surface area (Å²) in [5, 5.41) is 11.4. The molecule has 0 amide bonds. The standard InChI is InChI=1S/C14H15N3O4/c1-3-16(9-14(18)21-2)13-7-4-10-8-11(17(19)20)5-6-12(10)15-13/h4-8H,3,9H2,1-2H3. The Hall–Kier alpha value is -2.70. The molecule has 21 heavy (non-hydrogen) atoms. The summed E-state index contributed by atoms with van der Waals surface area (Å²) in [6.45, 7) is 2.61. The van der Waals surface area contributed by atoms with E-state index in [1.165, 1.54) is 19.2 Å². The lowest BCUT2D eigenvalue weighted by molar-refractivity contribution is -0.384. The zero-order chi connectivity index (χ0) is 15.4. The molecule has 0 aliphatic rings. The van der Waals surface area contributed by atoms with Gasteiger partial charge in [-0.05, 0) is 25.1 Å². The van der Waals surface area contributed by atoms with E-state index in [9.17, 15) is 14.9 Å². The Labute approximate surface area is 121 Å². The molecular formula is C14H15N3O4. The SMILES string of the molecule is CCN(CC(=O)OC)c1ccc2cc([N+](=O)[O-])ccc2n1. The second kappa shape index (κ2) is 6.17. The second-order valence-electron chi connectivity index (χ2n) is 4.39. The van der Waals surface area contributed by atoms with Gasteiger partial charge in [-0.25, -0.2) is 4.98 Å². The number of nitro groups is 1. The lowest BCUT2D eigenvalue weighted by Gasteiger charge is -2.20. The number of carbonyl (C=O) groups is 1. The van der Waals surface area contributed by atoms with Crippen LogP contribution in [-0.2, 0) is 9.53 Å². The third-order valence-corrected chi connectivity index (χ3v) is 3.12. The molecule has 0 atom stereocenters. The van der Waals surface area contributed by atoms with Gasteiger partial charge in [-0.15, -0.1) is 0 Å². The zero-order valence-corrected chi connectivity index (χ0v) is 11.8. The largest absolute Gasteiger partial charge is 0.468 e. The van der Waals surface area contributed by atoms with Gasteiger partial charge in [0.25, 0.3) is 5.69 Å². The maximum Gasteiger partial charge on any atom is 0.325 e. The van der Waals surface area contributed by atoms with Crippen molar-refractivity contribution in [2.24, 2.45) is 0 Å². The van der Waals surface area contributed by atoms with Crippen LogP contribution in [0.1, 0.15) is 6.92 Å². The topological polar surface area (TPSA) is 85.6 Å².